The molecule has 0 aliphatic rings. The molecule has 0 aliphatic carbocycles. The molecule has 0 bridgehead atoms. The molecule has 2 aromatic rings. The maximum Gasteiger partial charge on any atom is 0.338 e. The average molecular weight is 341 g/mol. The van der Waals surface area contributed by atoms with Crippen LogP contribution in [0.2, 0.25) is 0 Å². The van der Waals surface area contributed by atoms with Gasteiger partial charge >= 0.3 is 5.97 Å². The van der Waals surface area contributed by atoms with Gasteiger partial charge < -0.3 is 14.8 Å². The molecular weight excluding hydrogens is 318 g/mol. The molecule has 0 saturated heterocycles. The number of hydrogen-bond acceptors (Lipinski definition) is 4. The van der Waals surface area contributed by atoms with Gasteiger partial charge in [-0.1, -0.05) is 6.07 Å². The first-order valence-corrected chi connectivity index (χ1v) is 8.18. The van der Waals surface area contributed by atoms with Crippen molar-refractivity contribution < 1.29 is 19.1 Å². The number of esters is 1. The van der Waals surface area contributed by atoms with E-state index in [0.29, 0.717) is 23.6 Å². The van der Waals surface area contributed by atoms with E-state index in [1.807, 2.05) is 32.9 Å². The summed E-state index contributed by atoms with van der Waals surface area (Å²) in [5.74, 6) is 0.0614. The molecule has 0 aliphatic heterocycles. The Labute approximate surface area is 148 Å². The number of aryl methyl sites for hydroxylation is 3. The van der Waals surface area contributed by atoms with Gasteiger partial charge in [0.1, 0.15) is 5.75 Å². The first kappa shape index (κ1) is 18.5. The molecule has 1 N–H and O–H groups in total. The number of benzene rings is 2. The van der Waals surface area contributed by atoms with Crippen LogP contribution in [-0.2, 0) is 9.53 Å². The Balaban J connectivity index is 1.92. The van der Waals surface area contributed by atoms with Crippen LogP contribution in [0.15, 0.2) is 36.4 Å². The molecule has 5 nitrogen and oxygen atoms in total. The second-order valence-electron chi connectivity index (χ2n) is 5.84. The van der Waals surface area contributed by atoms with Crippen molar-refractivity contribution in [1.29, 1.82) is 0 Å². The van der Waals surface area contributed by atoms with Gasteiger partial charge in [-0.05, 0) is 74.7 Å². The number of anilines is 1. The first-order valence-electron chi connectivity index (χ1n) is 8.18. The number of carbonyl (C=O) groups excluding carboxylic acids is 2. The van der Waals surface area contributed by atoms with E-state index >= 15 is 0 Å². The van der Waals surface area contributed by atoms with Gasteiger partial charge in [-0.3, -0.25) is 4.79 Å². The summed E-state index contributed by atoms with van der Waals surface area (Å²) in [6, 6.07) is 10.5. The minimum atomic E-state index is -0.381. The summed E-state index contributed by atoms with van der Waals surface area (Å²) in [6.45, 7) is 8.00. The Morgan fingerprint density at radius 2 is 1.60 bits per heavy atom. The highest BCUT2D eigenvalue weighted by Crippen LogP contribution is 2.22. The topological polar surface area (TPSA) is 64.6 Å². The fraction of sp³-hybridized carbons (Fsp3) is 0.300. The minimum absolute atomic E-state index is 0.0804. The van der Waals surface area contributed by atoms with E-state index < -0.39 is 0 Å². The van der Waals surface area contributed by atoms with E-state index in [2.05, 4.69) is 5.32 Å². The zero-order chi connectivity index (χ0) is 18.4. The van der Waals surface area contributed by atoms with Crippen LogP contribution < -0.4 is 10.1 Å². The van der Waals surface area contributed by atoms with Crippen LogP contribution >= 0.6 is 0 Å². The molecule has 0 atom stereocenters. The van der Waals surface area contributed by atoms with Crippen LogP contribution in [0.3, 0.4) is 0 Å². The lowest BCUT2D eigenvalue weighted by atomic mass is 10.1. The normalized spacial score (nSPS) is 10.2. The smallest absolute Gasteiger partial charge is 0.338 e. The lowest BCUT2D eigenvalue weighted by Gasteiger charge is -2.12. The monoisotopic (exact) mass is 341 g/mol. The standard InChI is InChI=1S/C20H23NO4/c1-5-24-20(23)16-6-8-17(9-7-16)21-19(22)12-25-18-11-14(3)13(2)10-15(18)4/h6-11H,5,12H2,1-4H3,(H,21,22). The molecule has 132 valence electrons. The van der Waals surface area contributed by atoms with E-state index in [0.717, 1.165) is 11.1 Å². The van der Waals surface area contributed by atoms with Crippen LogP contribution in [-0.4, -0.2) is 25.1 Å². The van der Waals surface area contributed by atoms with Gasteiger partial charge in [-0.2, -0.15) is 0 Å². The lowest BCUT2D eigenvalue weighted by molar-refractivity contribution is -0.118. The summed E-state index contributed by atoms with van der Waals surface area (Å²) < 4.78 is 10.5. The fourth-order valence-electron chi connectivity index (χ4n) is 2.33. The highest BCUT2D eigenvalue weighted by Gasteiger charge is 2.09. The van der Waals surface area contributed by atoms with Crippen molar-refractivity contribution in [3.63, 3.8) is 0 Å². The quantitative estimate of drug-likeness (QED) is 0.812. The Morgan fingerprint density at radius 3 is 2.24 bits per heavy atom. The van der Waals surface area contributed by atoms with Gasteiger partial charge in [0.25, 0.3) is 5.91 Å². The Kier molecular flexibility index (Phi) is 6.17. The molecule has 25 heavy (non-hydrogen) atoms. The third-order valence-corrected chi connectivity index (χ3v) is 3.83. The Bertz CT molecular complexity index is 766. The predicted octanol–water partition coefficient (Wildman–Crippen LogP) is 3.81. The van der Waals surface area contributed by atoms with Gasteiger partial charge in [0.05, 0.1) is 12.2 Å². The second kappa shape index (κ2) is 8.33. The molecule has 2 rings (SSSR count). The fourth-order valence-corrected chi connectivity index (χ4v) is 2.33. The second-order valence-corrected chi connectivity index (χ2v) is 5.84. The summed E-state index contributed by atoms with van der Waals surface area (Å²) in [7, 11) is 0. The molecule has 0 spiro atoms. The molecule has 0 unspecified atom stereocenters. The van der Waals surface area contributed by atoms with Crippen molar-refractivity contribution in [1.82, 2.24) is 0 Å². The van der Waals surface area contributed by atoms with Gasteiger partial charge in [0.2, 0.25) is 0 Å². The summed E-state index contributed by atoms with van der Waals surface area (Å²) >= 11 is 0. The summed E-state index contributed by atoms with van der Waals surface area (Å²) in [5.41, 5.74) is 4.35. The Hall–Kier alpha value is -2.82. The number of amides is 1. The van der Waals surface area contributed by atoms with Gasteiger partial charge in [-0.15, -0.1) is 0 Å². The molecule has 0 heterocycles. The molecule has 0 saturated carbocycles. The van der Waals surface area contributed by atoms with E-state index in [1.165, 1.54) is 5.56 Å². The third-order valence-electron chi connectivity index (χ3n) is 3.83. The van der Waals surface area contributed by atoms with Crippen molar-refractivity contribution in [2.45, 2.75) is 27.7 Å². The van der Waals surface area contributed by atoms with E-state index in [9.17, 15) is 9.59 Å². The van der Waals surface area contributed by atoms with Crippen LogP contribution in [0.1, 0.15) is 34.0 Å². The van der Waals surface area contributed by atoms with Crippen LogP contribution in [0.5, 0.6) is 5.75 Å². The van der Waals surface area contributed by atoms with Crippen molar-refractivity contribution in [3.05, 3.63) is 58.7 Å². The summed E-state index contributed by atoms with van der Waals surface area (Å²) in [6.07, 6.45) is 0. The Morgan fingerprint density at radius 1 is 0.960 bits per heavy atom. The maximum atomic E-state index is 12.0. The van der Waals surface area contributed by atoms with Crippen molar-refractivity contribution in [2.75, 3.05) is 18.5 Å². The molecule has 5 heteroatoms. The molecule has 0 radical (unpaired) electrons. The predicted molar refractivity (Wildman–Crippen MR) is 97.2 cm³/mol. The minimum Gasteiger partial charge on any atom is -0.483 e. The van der Waals surface area contributed by atoms with E-state index in [1.54, 1.807) is 31.2 Å². The highest BCUT2D eigenvalue weighted by atomic mass is 16.5. The first-order chi connectivity index (χ1) is 11.9. The molecule has 0 aromatic heterocycles. The summed E-state index contributed by atoms with van der Waals surface area (Å²) in [5, 5.41) is 2.74. The summed E-state index contributed by atoms with van der Waals surface area (Å²) in [4.78, 5) is 23.6. The number of rotatable bonds is 6. The highest BCUT2D eigenvalue weighted by molar-refractivity contribution is 5.93. The molecule has 2 aromatic carbocycles. The van der Waals surface area contributed by atoms with E-state index in [4.69, 9.17) is 9.47 Å². The molecule has 1 amide bonds. The van der Waals surface area contributed by atoms with Crippen molar-refractivity contribution >= 4 is 17.6 Å². The number of nitrogens with one attached hydrogen (secondary N) is 1. The van der Waals surface area contributed by atoms with Crippen LogP contribution in [0.4, 0.5) is 5.69 Å². The molecular formula is C20H23NO4. The SMILES string of the molecule is CCOC(=O)c1ccc(NC(=O)COc2cc(C)c(C)cc2C)cc1. The van der Waals surface area contributed by atoms with Crippen molar-refractivity contribution in [2.24, 2.45) is 0 Å². The largest absolute Gasteiger partial charge is 0.483 e. The van der Waals surface area contributed by atoms with Crippen LogP contribution in [0, 0.1) is 20.8 Å². The maximum absolute atomic E-state index is 12.0. The zero-order valence-corrected chi connectivity index (χ0v) is 15.0. The van der Waals surface area contributed by atoms with E-state index in [-0.39, 0.29) is 18.5 Å². The van der Waals surface area contributed by atoms with Crippen molar-refractivity contribution in [3.8, 4) is 5.75 Å². The third kappa shape index (κ3) is 5.08. The molecule has 0 fully saturated rings. The average Bonchev–Trinajstić information content (AvgIpc) is 2.58. The number of ether oxygens (including phenoxy) is 2. The number of hydrogen-bond donors (Lipinski definition) is 1. The van der Waals surface area contributed by atoms with Gasteiger partial charge in [0, 0.05) is 5.69 Å². The lowest BCUT2D eigenvalue weighted by Crippen LogP contribution is -2.20. The van der Waals surface area contributed by atoms with Crippen LogP contribution in [0.25, 0.3) is 0 Å². The van der Waals surface area contributed by atoms with Gasteiger partial charge in [0.15, 0.2) is 6.61 Å². The number of carbonyl (C=O) groups is 2. The zero-order valence-electron chi connectivity index (χ0n) is 15.0. The van der Waals surface area contributed by atoms with Gasteiger partial charge in [-0.25, -0.2) is 4.79 Å².